The van der Waals surface area contributed by atoms with Crippen LogP contribution in [0.2, 0.25) is 0 Å². The predicted octanol–water partition coefficient (Wildman–Crippen LogP) is 2.65. The second-order valence-corrected chi connectivity index (χ2v) is 7.14. The van der Waals surface area contributed by atoms with Crippen LogP contribution in [0.5, 0.6) is 0 Å². The highest BCUT2D eigenvalue weighted by Gasteiger charge is 2.25. The Morgan fingerprint density at radius 2 is 1.92 bits per heavy atom. The smallest absolute Gasteiger partial charge is 0.244 e. The monoisotopic (exact) mass is 329 g/mol. The highest BCUT2D eigenvalue weighted by Crippen LogP contribution is 2.30. The summed E-state index contributed by atoms with van der Waals surface area (Å²) in [5, 5.41) is 3.33. The van der Waals surface area contributed by atoms with Gasteiger partial charge in [-0.15, -0.1) is 0 Å². The average Bonchev–Trinajstić information content (AvgIpc) is 2.98. The number of rotatable bonds is 3. The van der Waals surface area contributed by atoms with E-state index in [1.54, 1.807) is 6.92 Å². The summed E-state index contributed by atoms with van der Waals surface area (Å²) in [6.07, 6.45) is 3.06. The summed E-state index contributed by atoms with van der Waals surface area (Å²) >= 11 is 0. The molecule has 2 aliphatic heterocycles. The van der Waals surface area contributed by atoms with Crippen molar-refractivity contribution in [3.8, 4) is 0 Å². The number of piperidine rings is 1. The zero-order valence-corrected chi connectivity index (χ0v) is 14.8. The number of fused-ring (bicyclic) bond motifs is 1. The van der Waals surface area contributed by atoms with Crippen LogP contribution in [0.4, 0.5) is 11.4 Å². The van der Waals surface area contributed by atoms with Crippen molar-refractivity contribution in [3.05, 3.63) is 23.8 Å². The molecule has 3 rings (SSSR count). The van der Waals surface area contributed by atoms with Gasteiger partial charge >= 0.3 is 0 Å². The number of nitrogens with zero attached hydrogens (tertiary/aromatic N) is 2. The lowest BCUT2D eigenvalue weighted by Gasteiger charge is -2.32. The maximum absolute atomic E-state index is 12.6. The molecule has 0 aliphatic carbocycles. The van der Waals surface area contributed by atoms with E-state index >= 15 is 0 Å². The van der Waals surface area contributed by atoms with E-state index in [1.807, 2.05) is 28.9 Å². The standard InChI is InChI=1S/C19H27N3O2/c1-13-6-9-21(10-7-13)19(24)14(2)20-17-4-5-18-16(12-17)8-11-22(18)15(3)23/h4-5,12-14,20H,6-11H2,1-3H3. The summed E-state index contributed by atoms with van der Waals surface area (Å²) in [5.41, 5.74) is 3.11. The normalized spacial score (nSPS) is 19.1. The molecule has 2 amide bonds. The van der Waals surface area contributed by atoms with Gasteiger partial charge in [0.15, 0.2) is 0 Å². The number of benzene rings is 1. The lowest BCUT2D eigenvalue weighted by molar-refractivity contribution is -0.133. The minimum Gasteiger partial charge on any atom is -0.374 e. The first-order valence-electron chi connectivity index (χ1n) is 8.92. The molecule has 1 N–H and O–H groups in total. The lowest BCUT2D eigenvalue weighted by Crippen LogP contribution is -2.45. The van der Waals surface area contributed by atoms with E-state index in [-0.39, 0.29) is 17.9 Å². The van der Waals surface area contributed by atoms with Gasteiger partial charge in [-0.3, -0.25) is 9.59 Å². The third kappa shape index (κ3) is 3.40. The average molecular weight is 329 g/mol. The van der Waals surface area contributed by atoms with Crippen molar-refractivity contribution in [2.45, 2.75) is 46.1 Å². The van der Waals surface area contributed by atoms with Crippen molar-refractivity contribution in [2.24, 2.45) is 5.92 Å². The predicted molar refractivity (Wildman–Crippen MR) is 96.2 cm³/mol. The molecule has 1 fully saturated rings. The van der Waals surface area contributed by atoms with Crippen molar-refractivity contribution in [1.82, 2.24) is 4.90 Å². The van der Waals surface area contributed by atoms with Crippen molar-refractivity contribution in [2.75, 3.05) is 29.9 Å². The lowest BCUT2D eigenvalue weighted by atomic mass is 9.99. The maximum Gasteiger partial charge on any atom is 0.244 e. The molecule has 0 bridgehead atoms. The summed E-state index contributed by atoms with van der Waals surface area (Å²) in [7, 11) is 0. The van der Waals surface area contributed by atoms with Crippen molar-refractivity contribution in [3.63, 3.8) is 0 Å². The Morgan fingerprint density at radius 1 is 1.21 bits per heavy atom. The molecule has 5 nitrogen and oxygen atoms in total. The van der Waals surface area contributed by atoms with E-state index in [1.165, 1.54) is 5.56 Å². The number of hydrogen-bond donors (Lipinski definition) is 1. The molecular formula is C19H27N3O2. The third-order valence-corrected chi connectivity index (χ3v) is 5.20. The van der Waals surface area contributed by atoms with E-state index in [0.717, 1.165) is 56.2 Å². The molecule has 0 aromatic heterocycles. The number of anilines is 2. The van der Waals surface area contributed by atoms with Gasteiger partial charge in [0.1, 0.15) is 6.04 Å². The summed E-state index contributed by atoms with van der Waals surface area (Å²) in [6.45, 7) is 8.25. The SMILES string of the molecule is CC(=O)N1CCc2cc(NC(C)C(=O)N3CCC(C)CC3)ccc21. The van der Waals surface area contributed by atoms with Gasteiger partial charge in [0, 0.05) is 37.9 Å². The van der Waals surface area contributed by atoms with Crippen LogP contribution in [0.25, 0.3) is 0 Å². The fraction of sp³-hybridized carbons (Fsp3) is 0.579. The molecule has 0 spiro atoms. The Kier molecular flexibility index (Phi) is 4.78. The van der Waals surface area contributed by atoms with Crippen LogP contribution in [-0.2, 0) is 16.0 Å². The first-order valence-corrected chi connectivity index (χ1v) is 8.92. The summed E-state index contributed by atoms with van der Waals surface area (Å²) in [6, 6.07) is 5.77. The van der Waals surface area contributed by atoms with E-state index < -0.39 is 0 Å². The van der Waals surface area contributed by atoms with Crippen LogP contribution in [0.15, 0.2) is 18.2 Å². The number of nitrogens with one attached hydrogen (secondary N) is 1. The highest BCUT2D eigenvalue weighted by molar-refractivity contribution is 5.94. The van der Waals surface area contributed by atoms with Gasteiger partial charge in [-0.05, 0) is 55.9 Å². The molecule has 24 heavy (non-hydrogen) atoms. The van der Waals surface area contributed by atoms with Crippen LogP contribution in [0, 0.1) is 5.92 Å². The van der Waals surface area contributed by atoms with Crippen molar-refractivity contribution >= 4 is 23.2 Å². The molecule has 1 saturated heterocycles. The molecule has 0 radical (unpaired) electrons. The number of carbonyl (C=O) groups excluding carboxylic acids is 2. The van der Waals surface area contributed by atoms with Crippen molar-refractivity contribution < 1.29 is 9.59 Å². The maximum atomic E-state index is 12.6. The van der Waals surface area contributed by atoms with Gasteiger partial charge in [0.25, 0.3) is 0 Å². The van der Waals surface area contributed by atoms with Gasteiger partial charge in [-0.1, -0.05) is 6.92 Å². The van der Waals surface area contributed by atoms with Crippen molar-refractivity contribution in [1.29, 1.82) is 0 Å². The van der Waals surface area contributed by atoms with E-state index in [0.29, 0.717) is 0 Å². The van der Waals surface area contributed by atoms with E-state index in [2.05, 4.69) is 18.3 Å². The minimum atomic E-state index is -0.234. The van der Waals surface area contributed by atoms with Crippen LogP contribution in [0.1, 0.15) is 39.2 Å². The van der Waals surface area contributed by atoms with E-state index in [4.69, 9.17) is 0 Å². The number of hydrogen-bond acceptors (Lipinski definition) is 3. The Bertz CT molecular complexity index is 635. The molecule has 1 unspecified atom stereocenters. The Balaban J connectivity index is 1.64. The number of likely N-dealkylation sites (tertiary alicyclic amines) is 1. The molecule has 2 heterocycles. The fourth-order valence-corrected chi connectivity index (χ4v) is 3.63. The highest BCUT2D eigenvalue weighted by atomic mass is 16.2. The summed E-state index contributed by atoms with van der Waals surface area (Å²) in [4.78, 5) is 28.0. The topological polar surface area (TPSA) is 52.7 Å². The largest absolute Gasteiger partial charge is 0.374 e. The summed E-state index contributed by atoms with van der Waals surface area (Å²) in [5.74, 6) is 0.975. The third-order valence-electron chi connectivity index (χ3n) is 5.20. The molecule has 5 heteroatoms. The van der Waals surface area contributed by atoms with Gasteiger partial charge in [0.05, 0.1) is 0 Å². The Hall–Kier alpha value is -2.04. The number of amides is 2. The zero-order chi connectivity index (χ0) is 17.3. The molecule has 130 valence electrons. The molecule has 0 saturated carbocycles. The number of carbonyl (C=O) groups is 2. The second-order valence-electron chi connectivity index (χ2n) is 7.14. The van der Waals surface area contributed by atoms with Gasteiger partial charge < -0.3 is 15.1 Å². The van der Waals surface area contributed by atoms with E-state index in [9.17, 15) is 9.59 Å². The zero-order valence-electron chi connectivity index (χ0n) is 14.8. The Labute approximate surface area is 144 Å². The van der Waals surface area contributed by atoms with Gasteiger partial charge in [0.2, 0.25) is 11.8 Å². The fourth-order valence-electron chi connectivity index (χ4n) is 3.63. The molecule has 1 aromatic carbocycles. The van der Waals surface area contributed by atoms with Crippen LogP contribution in [0.3, 0.4) is 0 Å². The minimum absolute atomic E-state index is 0.0809. The first kappa shape index (κ1) is 16.8. The summed E-state index contributed by atoms with van der Waals surface area (Å²) < 4.78 is 0. The van der Waals surface area contributed by atoms with Crippen LogP contribution in [-0.4, -0.2) is 42.4 Å². The Morgan fingerprint density at radius 3 is 2.58 bits per heavy atom. The van der Waals surface area contributed by atoms with Gasteiger partial charge in [-0.25, -0.2) is 0 Å². The molecular weight excluding hydrogens is 302 g/mol. The molecule has 2 aliphatic rings. The quantitative estimate of drug-likeness (QED) is 0.927. The molecule has 1 aromatic rings. The first-order chi connectivity index (χ1) is 11.5. The molecule has 1 atom stereocenters. The second kappa shape index (κ2) is 6.83. The van der Waals surface area contributed by atoms with Gasteiger partial charge in [-0.2, -0.15) is 0 Å². The van der Waals surface area contributed by atoms with Crippen LogP contribution >= 0.6 is 0 Å². The van der Waals surface area contributed by atoms with Crippen LogP contribution < -0.4 is 10.2 Å².